The summed E-state index contributed by atoms with van der Waals surface area (Å²) >= 11 is 5.81. The van der Waals surface area contributed by atoms with E-state index in [1.807, 2.05) is 0 Å². The van der Waals surface area contributed by atoms with Crippen molar-refractivity contribution in [3.05, 3.63) is 28.8 Å². The summed E-state index contributed by atoms with van der Waals surface area (Å²) in [6, 6.07) is 4.38. The van der Waals surface area contributed by atoms with Crippen molar-refractivity contribution in [3.63, 3.8) is 0 Å². The molecule has 0 saturated carbocycles. The number of carbonyl (C=O) groups is 3. The zero-order valence-corrected chi connectivity index (χ0v) is 11.0. The van der Waals surface area contributed by atoms with E-state index in [0.29, 0.717) is 5.69 Å². The second-order valence-corrected chi connectivity index (χ2v) is 4.51. The van der Waals surface area contributed by atoms with Gasteiger partial charge in [-0.1, -0.05) is 11.6 Å². The molecular weight excluding hydrogens is 284 g/mol. The molecule has 0 aromatic heterocycles. The number of anilines is 1. The van der Waals surface area contributed by atoms with Gasteiger partial charge in [-0.25, -0.2) is 5.43 Å². The fourth-order valence-electron chi connectivity index (χ4n) is 1.63. The lowest BCUT2D eigenvalue weighted by Gasteiger charge is -2.12. The Labute approximate surface area is 119 Å². The standard InChI is InChI=1S/C12H11ClN4O3/c13-8-2-1-6(5-7(8)11(14)19)15-12(20)9-3-4-10(18)17-16-9/h1-2,5H,3-4H2,(H2,14,19)(H,15,20)(H,17,18). The Bertz CT molecular complexity index is 627. The summed E-state index contributed by atoms with van der Waals surface area (Å²) in [5, 5.41) is 6.44. The maximum Gasteiger partial charge on any atom is 0.271 e. The monoisotopic (exact) mass is 294 g/mol. The van der Waals surface area contributed by atoms with Crippen LogP contribution in [0.4, 0.5) is 5.69 Å². The van der Waals surface area contributed by atoms with E-state index in [9.17, 15) is 14.4 Å². The molecule has 0 bridgehead atoms. The Morgan fingerprint density at radius 1 is 1.35 bits per heavy atom. The fourth-order valence-corrected chi connectivity index (χ4v) is 1.84. The number of halogens is 1. The number of hydrogen-bond donors (Lipinski definition) is 3. The smallest absolute Gasteiger partial charge is 0.271 e. The van der Waals surface area contributed by atoms with Gasteiger partial charge in [-0.3, -0.25) is 14.4 Å². The molecule has 4 N–H and O–H groups in total. The third kappa shape index (κ3) is 3.12. The highest BCUT2D eigenvalue weighted by molar-refractivity contribution is 6.43. The van der Waals surface area contributed by atoms with Gasteiger partial charge in [0.1, 0.15) is 5.71 Å². The Morgan fingerprint density at radius 2 is 2.10 bits per heavy atom. The number of primary amides is 1. The average Bonchev–Trinajstić information content (AvgIpc) is 2.41. The maximum atomic E-state index is 11.9. The first kappa shape index (κ1) is 14.0. The van der Waals surface area contributed by atoms with Crippen molar-refractivity contribution in [1.82, 2.24) is 5.43 Å². The van der Waals surface area contributed by atoms with Gasteiger partial charge in [0.05, 0.1) is 10.6 Å². The minimum absolute atomic E-state index is 0.114. The van der Waals surface area contributed by atoms with Crippen molar-refractivity contribution < 1.29 is 14.4 Å². The van der Waals surface area contributed by atoms with Crippen LogP contribution >= 0.6 is 11.6 Å². The van der Waals surface area contributed by atoms with Gasteiger partial charge in [-0.05, 0) is 18.2 Å². The van der Waals surface area contributed by atoms with Crippen LogP contribution in [0.2, 0.25) is 5.02 Å². The molecule has 1 aromatic carbocycles. The SMILES string of the molecule is NC(=O)c1cc(NC(=O)C2=NNC(=O)CC2)ccc1Cl. The van der Waals surface area contributed by atoms with Crippen LogP contribution in [0.25, 0.3) is 0 Å². The Hall–Kier alpha value is -2.41. The van der Waals surface area contributed by atoms with E-state index in [4.69, 9.17) is 17.3 Å². The first-order valence-electron chi connectivity index (χ1n) is 5.73. The quantitative estimate of drug-likeness (QED) is 0.760. The summed E-state index contributed by atoms with van der Waals surface area (Å²) in [4.78, 5) is 34.0. The Morgan fingerprint density at radius 3 is 2.70 bits per heavy atom. The van der Waals surface area contributed by atoms with Gasteiger partial charge in [0.15, 0.2) is 0 Å². The van der Waals surface area contributed by atoms with Crippen molar-refractivity contribution in [3.8, 4) is 0 Å². The molecule has 2 rings (SSSR count). The molecule has 7 nitrogen and oxygen atoms in total. The van der Waals surface area contributed by atoms with Crippen molar-refractivity contribution in [2.24, 2.45) is 10.8 Å². The summed E-state index contributed by atoms with van der Waals surface area (Å²) in [7, 11) is 0. The minimum Gasteiger partial charge on any atom is -0.366 e. The lowest BCUT2D eigenvalue weighted by Crippen LogP contribution is -2.32. The van der Waals surface area contributed by atoms with Gasteiger partial charge in [-0.15, -0.1) is 0 Å². The van der Waals surface area contributed by atoms with Crippen LogP contribution in [-0.2, 0) is 9.59 Å². The molecule has 0 spiro atoms. The molecule has 0 radical (unpaired) electrons. The maximum absolute atomic E-state index is 11.9. The highest BCUT2D eigenvalue weighted by atomic mass is 35.5. The van der Waals surface area contributed by atoms with Gasteiger partial charge in [-0.2, -0.15) is 5.10 Å². The summed E-state index contributed by atoms with van der Waals surface area (Å²) in [6.07, 6.45) is 0.466. The van der Waals surface area contributed by atoms with Gasteiger partial charge >= 0.3 is 0 Å². The Kier molecular flexibility index (Phi) is 3.99. The molecule has 20 heavy (non-hydrogen) atoms. The lowest BCUT2D eigenvalue weighted by atomic mass is 10.1. The summed E-state index contributed by atoms with van der Waals surface area (Å²) in [6.45, 7) is 0. The van der Waals surface area contributed by atoms with Gasteiger partial charge in [0, 0.05) is 18.5 Å². The summed E-state index contributed by atoms with van der Waals surface area (Å²) < 4.78 is 0. The molecule has 0 saturated heterocycles. The zero-order valence-electron chi connectivity index (χ0n) is 10.3. The number of hydrazone groups is 1. The van der Waals surface area contributed by atoms with Crippen LogP contribution in [0.5, 0.6) is 0 Å². The first-order valence-corrected chi connectivity index (χ1v) is 6.11. The fraction of sp³-hybridized carbons (Fsp3) is 0.167. The second kappa shape index (κ2) is 5.70. The second-order valence-electron chi connectivity index (χ2n) is 4.11. The number of nitrogens with zero attached hydrogens (tertiary/aromatic N) is 1. The predicted molar refractivity (Wildman–Crippen MR) is 73.4 cm³/mol. The largest absolute Gasteiger partial charge is 0.366 e. The van der Waals surface area contributed by atoms with Crippen LogP contribution in [0, 0.1) is 0 Å². The van der Waals surface area contributed by atoms with E-state index in [2.05, 4.69) is 15.8 Å². The van der Waals surface area contributed by atoms with Crippen molar-refractivity contribution >= 4 is 40.7 Å². The topological polar surface area (TPSA) is 114 Å². The highest BCUT2D eigenvalue weighted by Crippen LogP contribution is 2.20. The number of nitrogens with two attached hydrogens (primary N) is 1. The zero-order chi connectivity index (χ0) is 14.7. The number of hydrogen-bond acceptors (Lipinski definition) is 4. The third-order valence-corrected chi connectivity index (χ3v) is 2.99. The van der Waals surface area contributed by atoms with Crippen LogP contribution in [0.1, 0.15) is 23.2 Å². The van der Waals surface area contributed by atoms with Gasteiger partial charge < -0.3 is 11.1 Å². The van der Waals surface area contributed by atoms with E-state index < -0.39 is 11.8 Å². The molecule has 1 aromatic rings. The molecule has 8 heteroatoms. The molecule has 0 atom stereocenters. The van der Waals surface area contributed by atoms with Crippen LogP contribution < -0.4 is 16.5 Å². The van der Waals surface area contributed by atoms with E-state index in [1.165, 1.54) is 18.2 Å². The molecular formula is C12H11ClN4O3. The summed E-state index contributed by atoms with van der Waals surface area (Å²) in [5.41, 5.74) is 8.09. The van der Waals surface area contributed by atoms with E-state index in [1.54, 1.807) is 0 Å². The van der Waals surface area contributed by atoms with Crippen molar-refractivity contribution in [2.45, 2.75) is 12.8 Å². The predicted octanol–water partition coefficient (Wildman–Crippen LogP) is 0.643. The molecule has 1 heterocycles. The van der Waals surface area contributed by atoms with Crippen molar-refractivity contribution in [2.75, 3.05) is 5.32 Å². The van der Waals surface area contributed by atoms with Crippen LogP contribution in [-0.4, -0.2) is 23.4 Å². The third-order valence-electron chi connectivity index (χ3n) is 2.66. The van der Waals surface area contributed by atoms with E-state index >= 15 is 0 Å². The highest BCUT2D eigenvalue weighted by Gasteiger charge is 2.18. The van der Waals surface area contributed by atoms with Crippen molar-refractivity contribution in [1.29, 1.82) is 0 Å². The van der Waals surface area contributed by atoms with E-state index in [0.717, 1.165) is 0 Å². The van der Waals surface area contributed by atoms with Gasteiger partial charge in [0.2, 0.25) is 11.8 Å². The van der Waals surface area contributed by atoms with Gasteiger partial charge in [0.25, 0.3) is 5.91 Å². The molecule has 1 aliphatic heterocycles. The molecule has 0 aliphatic carbocycles. The van der Waals surface area contributed by atoms with E-state index in [-0.39, 0.29) is 35.0 Å². The van der Waals surface area contributed by atoms with Crippen LogP contribution in [0.15, 0.2) is 23.3 Å². The number of amides is 3. The van der Waals surface area contributed by atoms with Crippen LogP contribution in [0.3, 0.4) is 0 Å². The Balaban J connectivity index is 2.14. The normalized spacial score (nSPS) is 14.2. The molecule has 104 valence electrons. The molecule has 0 unspecified atom stereocenters. The average molecular weight is 295 g/mol. The number of rotatable bonds is 3. The number of carbonyl (C=O) groups excluding carboxylic acids is 3. The lowest BCUT2D eigenvalue weighted by molar-refractivity contribution is -0.121. The number of nitrogens with one attached hydrogen (secondary N) is 2. The molecule has 1 aliphatic rings. The minimum atomic E-state index is -0.687. The number of benzene rings is 1. The molecule has 0 fully saturated rings. The first-order chi connectivity index (χ1) is 9.47. The summed E-state index contributed by atoms with van der Waals surface area (Å²) in [5.74, 6) is -1.37. The molecule has 3 amide bonds.